The zero-order valence-corrected chi connectivity index (χ0v) is 13.0. The van der Waals surface area contributed by atoms with E-state index in [-0.39, 0.29) is 0 Å². The van der Waals surface area contributed by atoms with E-state index in [0.29, 0.717) is 24.9 Å². The van der Waals surface area contributed by atoms with Crippen molar-refractivity contribution in [2.45, 2.75) is 33.2 Å². The molecule has 0 radical (unpaired) electrons. The largest absolute Gasteiger partial charge is 0.494 e. The van der Waals surface area contributed by atoms with Crippen LogP contribution in [-0.4, -0.2) is 16.2 Å². The highest BCUT2D eigenvalue weighted by atomic mass is 16.5. The van der Waals surface area contributed by atoms with E-state index < -0.39 is 0 Å². The molecule has 2 rings (SSSR count). The fourth-order valence-electron chi connectivity index (χ4n) is 2.33. The molecule has 0 saturated heterocycles. The SMILES string of the molecule is C=CCn1c(C(C)C)nc(-c2ccc(OCC)cc2)c1N. The number of nitrogen functional groups attached to an aromatic ring is 1. The molecule has 112 valence electrons. The average molecular weight is 285 g/mol. The molecule has 1 aromatic heterocycles. The number of anilines is 1. The molecule has 21 heavy (non-hydrogen) atoms. The molecule has 0 aliphatic rings. The average Bonchev–Trinajstić information content (AvgIpc) is 2.79. The van der Waals surface area contributed by atoms with Crippen LogP contribution in [0.5, 0.6) is 5.75 Å². The summed E-state index contributed by atoms with van der Waals surface area (Å²) in [6, 6.07) is 7.87. The smallest absolute Gasteiger partial charge is 0.132 e. The lowest BCUT2D eigenvalue weighted by Gasteiger charge is -2.09. The number of allylic oxidation sites excluding steroid dienone is 1. The summed E-state index contributed by atoms with van der Waals surface area (Å²) in [4.78, 5) is 4.72. The molecule has 0 atom stereocenters. The topological polar surface area (TPSA) is 53.1 Å². The quantitative estimate of drug-likeness (QED) is 0.820. The number of nitrogens with two attached hydrogens (primary N) is 1. The third-order valence-electron chi connectivity index (χ3n) is 3.30. The van der Waals surface area contributed by atoms with Crippen molar-refractivity contribution in [2.24, 2.45) is 0 Å². The lowest BCUT2D eigenvalue weighted by atomic mass is 10.1. The van der Waals surface area contributed by atoms with Crippen LogP contribution in [0.25, 0.3) is 11.3 Å². The molecule has 4 heteroatoms. The monoisotopic (exact) mass is 285 g/mol. The van der Waals surface area contributed by atoms with E-state index in [4.69, 9.17) is 15.5 Å². The van der Waals surface area contributed by atoms with E-state index in [9.17, 15) is 0 Å². The van der Waals surface area contributed by atoms with Gasteiger partial charge in [-0.2, -0.15) is 0 Å². The molecule has 0 unspecified atom stereocenters. The van der Waals surface area contributed by atoms with Crippen LogP contribution < -0.4 is 10.5 Å². The Labute approximate surface area is 126 Å². The summed E-state index contributed by atoms with van der Waals surface area (Å²) in [7, 11) is 0. The number of imidazole rings is 1. The zero-order chi connectivity index (χ0) is 15.4. The first-order valence-corrected chi connectivity index (χ1v) is 7.28. The number of hydrogen-bond acceptors (Lipinski definition) is 3. The Morgan fingerprint density at radius 2 is 2.00 bits per heavy atom. The van der Waals surface area contributed by atoms with Crippen molar-refractivity contribution in [1.29, 1.82) is 0 Å². The van der Waals surface area contributed by atoms with Crippen molar-refractivity contribution in [1.82, 2.24) is 9.55 Å². The molecule has 0 bridgehead atoms. The molecule has 4 nitrogen and oxygen atoms in total. The highest BCUT2D eigenvalue weighted by Gasteiger charge is 2.17. The third kappa shape index (κ3) is 3.10. The number of rotatable bonds is 6. The second-order valence-corrected chi connectivity index (χ2v) is 5.22. The minimum Gasteiger partial charge on any atom is -0.494 e. The van der Waals surface area contributed by atoms with Gasteiger partial charge in [-0.25, -0.2) is 4.98 Å². The predicted octanol–water partition coefficient (Wildman–Crippen LogP) is 3.84. The van der Waals surface area contributed by atoms with Crippen LogP contribution in [0.4, 0.5) is 5.82 Å². The third-order valence-corrected chi connectivity index (χ3v) is 3.30. The second kappa shape index (κ2) is 6.48. The van der Waals surface area contributed by atoms with E-state index in [1.165, 1.54) is 0 Å². The van der Waals surface area contributed by atoms with Crippen molar-refractivity contribution in [3.63, 3.8) is 0 Å². The summed E-state index contributed by atoms with van der Waals surface area (Å²) in [6.45, 7) is 11.3. The number of nitrogens with zero attached hydrogens (tertiary/aromatic N) is 2. The van der Waals surface area contributed by atoms with E-state index >= 15 is 0 Å². The Balaban J connectivity index is 2.43. The number of hydrogen-bond donors (Lipinski definition) is 1. The highest BCUT2D eigenvalue weighted by Crippen LogP contribution is 2.30. The molecule has 0 aliphatic heterocycles. The molecule has 0 aliphatic carbocycles. The van der Waals surface area contributed by atoms with E-state index in [2.05, 4.69) is 20.4 Å². The molecular weight excluding hydrogens is 262 g/mol. The second-order valence-electron chi connectivity index (χ2n) is 5.22. The Kier molecular flexibility index (Phi) is 4.68. The highest BCUT2D eigenvalue weighted by molar-refractivity contribution is 5.71. The fourth-order valence-corrected chi connectivity index (χ4v) is 2.33. The summed E-state index contributed by atoms with van der Waals surface area (Å²) in [5.74, 6) is 2.83. The summed E-state index contributed by atoms with van der Waals surface area (Å²) >= 11 is 0. The van der Waals surface area contributed by atoms with Crippen molar-refractivity contribution < 1.29 is 4.74 Å². The number of benzene rings is 1. The van der Waals surface area contributed by atoms with Gasteiger partial charge in [0.2, 0.25) is 0 Å². The van der Waals surface area contributed by atoms with Crippen LogP contribution in [0.2, 0.25) is 0 Å². The standard InChI is InChI=1S/C17H23N3O/c1-5-11-20-16(18)15(19-17(20)12(3)4)13-7-9-14(10-8-13)21-6-2/h5,7-10,12H,1,6,11,18H2,2-4H3. The molecule has 0 saturated carbocycles. The first-order valence-electron chi connectivity index (χ1n) is 7.28. The van der Waals surface area contributed by atoms with Gasteiger partial charge in [0.1, 0.15) is 23.1 Å². The molecule has 0 fully saturated rings. The first-order chi connectivity index (χ1) is 10.1. The zero-order valence-electron chi connectivity index (χ0n) is 13.0. The van der Waals surface area contributed by atoms with Crippen LogP contribution in [0.15, 0.2) is 36.9 Å². The summed E-state index contributed by atoms with van der Waals surface area (Å²) < 4.78 is 7.48. The Bertz CT molecular complexity index is 612. The number of aromatic nitrogens is 2. The summed E-state index contributed by atoms with van der Waals surface area (Å²) in [6.07, 6.45) is 1.84. The van der Waals surface area contributed by atoms with Gasteiger partial charge < -0.3 is 15.0 Å². The van der Waals surface area contributed by atoms with Gasteiger partial charge in [0.25, 0.3) is 0 Å². The van der Waals surface area contributed by atoms with E-state index in [0.717, 1.165) is 22.8 Å². The Morgan fingerprint density at radius 3 is 2.52 bits per heavy atom. The van der Waals surface area contributed by atoms with Crippen LogP contribution >= 0.6 is 0 Å². The normalized spacial score (nSPS) is 10.9. The minimum atomic E-state index is 0.309. The van der Waals surface area contributed by atoms with Gasteiger partial charge in [-0.15, -0.1) is 6.58 Å². The van der Waals surface area contributed by atoms with Crippen molar-refractivity contribution >= 4 is 5.82 Å². The maximum atomic E-state index is 6.28. The molecule has 2 aromatic rings. The van der Waals surface area contributed by atoms with Crippen LogP contribution in [0, 0.1) is 0 Å². The van der Waals surface area contributed by atoms with E-state index in [1.807, 2.05) is 41.8 Å². The maximum Gasteiger partial charge on any atom is 0.132 e. The predicted molar refractivity (Wildman–Crippen MR) is 87.5 cm³/mol. The molecular formula is C17H23N3O. The van der Waals surface area contributed by atoms with Crippen LogP contribution in [0.3, 0.4) is 0 Å². The summed E-state index contributed by atoms with van der Waals surface area (Å²) in [5.41, 5.74) is 8.10. The van der Waals surface area contributed by atoms with Gasteiger partial charge in [-0.3, -0.25) is 0 Å². The van der Waals surface area contributed by atoms with Crippen molar-refractivity contribution in [3.05, 3.63) is 42.7 Å². The molecule has 2 N–H and O–H groups in total. The first kappa shape index (κ1) is 15.2. The van der Waals surface area contributed by atoms with Crippen molar-refractivity contribution in [3.8, 4) is 17.0 Å². The lowest BCUT2D eigenvalue weighted by molar-refractivity contribution is 0.340. The van der Waals surface area contributed by atoms with Gasteiger partial charge in [-0.1, -0.05) is 19.9 Å². The minimum absolute atomic E-state index is 0.309. The maximum absolute atomic E-state index is 6.28. The summed E-state index contributed by atoms with van der Waals surface area (Å²) in [5, 5.41) is 0. The van der Waals surface area contributed by atoms with Crippen molar-refractivity contribution in [2.75, 3.05) is 12.3 Å². The Morgan fingerprint density at radius 1 is 1.33 bits per heavy atom. The van der Waals surface area contributed by atoms with E-state index in [1.54, 1.807) is 0 Å². The fraction of sp³-hybridized carbons (Fsp3) is 0.353. The number of ether oxygens (including phenoxy) is 1. The van der Waals surface area contributed by atoms with Gasteiger partial charge in [0.05, 0.1) is 6.61 Å². The van der Waals surface area contributed by atoms with Gasteiger partial charge in [0, 0.05) is 18.0 Å². The lowest BCUT2D eigenvalue weighted by Crippen LogP contribution is -2.07. The molecule has 0 amide bonds. The molecule has 1 aromatic carbocycles. The van der Waals surface area contributed by atoms with Crippen LogP contribution in [-0.2, 0) is 6.54 Å². The molecule has 1 heterocycles. The van der Waals surface area contributed by atoms with Gasteiger partial charge >= 0.3 is 0 Å². The Hall–Kier alpha value is -2.23. The van der Waals surface area contributed by atoms with Gasteiger partial charge in [-0.05, 0) is 31.2 Å². The van der Waals surface area contributed by atoms with Crippen LogP contribution in [0.1, 0.15) is 32.5 Å². The molecule has 0 spiro atoms. The van der Waals surface area contributed by atoms with Gasteiger partial charge in [0.15, 0.2) is 0 Å².